The maximum absolute atomic E-state index is 10.8. The Morgan fingerprint density at radius 2 is 1.20 bits per heavy atom. The third kappa shape index (κ3) is 2.40. The van der Waals surface area contributed by atoms with Gasteiger partial charge in [-0.25, -0.2) is 9.59 Å². The van der Waals surface area contributed by atoms with Crippen LogP contribution in [-0.4, -0.2) is 22.2 Å². The fraction of sp³-hybridized carbons (Fsp3) is 0. The molecule has 0 bridgehead atoms. The van der Waals surface area contributed by atoms with Gasteiger partial charge in [0.15, 0.2) is 0 Å². The van der Waals surface area contributed by atoms with E-state index in [-0.39, 0.29) is 11.1 Å². The average molecular weight is 403 g/mol. The Bertz CT molecular complexity index is 417. The summed E-state index contributed by atoms with van der Waals surface area (Å²) in [6.45, 7) is 0. The molecular formula is C8H3Br3O4. The molecule has 1 rings (SSSR count). The largest absolute Gasteiger partial charge is 0.478 e. The second-order valence-corrected chi connectivity index (χ2v) is 4.90. The predicted molar refractivity (Wildman–Crippen MR) is 63.5 cm³/mol. The minimum Gasteiger partial charge on any atom is -0.478 e. The Labute approximate surface area is 110 Å². The molecule has 0 heterocycles. The van der Waals surface area contributed by atoms with Crippen LogP contribution in [0.3, 0.4) is 0 Å². The van der Waals surface area contributed by atoms with Crippen LogP contribution in [0.2, 0.25) is 0 Å². The zero-order valence-corrected chi connectivity index (χ0v) is 11.7. The van der Waals surface area contributed by atoms with Gasteiger partial charge in [0.25, 0.3) is 0 Å². The average Bonchev–Trinajstić information content (AvgIpc) is 2.13. The first-order chi connectivity index (χ1) is 6.86. The monoisotopic (exact) mass is 400 g/mol. The molecular weight excluding hydrogens is 400 g/mol. The summed E-state index contributed by atoms with van der Waals surface area (Å²) in [5, 5.41) is 17.7. The SMILES string of the molecule is O=C(O)c1cc(C(=O)O)c(Br)c(Br)c1Br. The Balaban J connectivity index is 3.59. The smallest absolute Gasteiger partial charge is 0.336 e. The van der Waals surface area contributed by atoms with E-state index in [0.717, 1.165) is 6.07 Å². The maximum Gasteiger partial charge on any atom is 0.336 e. The standard InChI is InChI=1S/C8H3Br3O4/c9-4-2(7(12)13)1-3(8(14)15)5(10)6(4)11/h1H,(H,12,13)(H,14,15). The molecule has 0 saturated carbocycles. The molecule has 0 atom stereocenters. The van der Waals surface area contributed by atoms with Gasteiger partial charge in [0.05, 0.1) is 11.1 Å². The highest BCUT2D eigenvalue weighted by molar-refractivity contribution is 9.14. The van der Waals surface area contributed by atoms with Crippen LogP contribution in [0.15, 0.2) is 19.5 Å². The summed E-state index contributed by atoms with van der Waals surface area (Å²) in [6, 6.07) is 1.09. The van der Waals surface area contributed by atoms with E-state index < -0.39 is 11.9 Å². The van der Waals surface area contributed by atoms with E-state index in [1.165, 1.54) is 0 Å². The van der Waals surface area contributed by atoms with Gasteiger partial charge in [-0.3, -0.25) is 0 Å². The van der Waals surface area contributed by atoms with E-state index in [2.05, 4.69) is 47.8 Å². The number of benzene rings is 1. The zero-order chi connectivity index (χ0) is 11.7. The first kappa shape index (κ1) is 12.7. The molecule has 0 amide bonds. The summed E-state index contributed by atoms with van der Waals surface area (Å²) in [5.74, 6) is -2.39. The molecule has 4 nitrogen and oxygen atoms in total. The summed E-state index contributed by atoms with van der Waals surface area (Å²) < 4.78 is 0.957. The molecule has 0 spiro atoms. The number of carboxylic acid groups (broad SMARTS) is 2. The molecule has 1 aromatic carbocycles. The number of carbonyl (C=O) groups is 2. The Morgan fingerprint density at radius 1 is 0.867 bits per heavy atom. The lowest BCUT2D eigenvalue weighted by Crippen LogP contribution is -2.05. The topological polar surface area (TPSA) is 74.6 Å². The number of carboxylic acids is 2. The van der Waals surface area contributed by atoms with Crippen molar-refractivity contribution >= 4 is 59.7 Å². The van der Waals surface area contributed by atoms with Crippen LogP contribution in [0, 0.1) is 0 Å². The van der Waals surface area contributed by atoms with Crippen molar-refractivity contribution in [1.82, 2.24) is 0 Å². The molecule has 15 heavy (non-hydrogen) atoms. The van der Waals surface area contributed by atoms with Crippen molar-refractivity contribution in [2.75, 3.05) is 0 Å². The Kier molecular flexibility index (Phi) is 3.91. The van der Waals surface area contributed by atoms with E-state index in [4.69, 9.17) is 10.2 Å². The van der Waals surface area contributed by atoms with Crippen molar-refractivity contribution in [3.63, 3.8) is 0 Å². The fourth-order valence-electron chi connectivity index (χ4n) is 0.915. The van der Waals surface area contributed by atoms with Gasteiger partial charge in [-0.2, -0.15) is 0 Å². The number of halogens is 3. The number of aromatic carboxylic acids is 2. The lowest BCUT2D eigenvalue weighted by atomic mass is 10.1. The third-order valence-corrected chi connectivity index (χ3v) is 5.11. The Morgan fingerprint density at radius 3 is 1.47 bits per heavy atom. The molecule has 0 saturated heterocycles. The molecule has 0 aliphatic carbocycles. The number of hydrogen-bond donors (Lipinski definition) is 2. The molecule has 0 aliphatic rings. The van der Waals surface area contributed by atoms with Gasteiger partial charge in [0.2, 0.25) is 0 Å². The van der Waals surface area contributed by atoms with E-state index in [9.17, 15) is 9.59 Å². The van der Waals surface area contributed by atoms with Gasteiger partial charge >= 0.3 is 11.9 Å². The molecule has 0 aromatic heterocycles. The van der Waals surface area contributed by atoms with E-state index in [0.29, 0.717) is 13.4 Å². The van der Waals surface area contributed by atoms with Crippen LogP contribution in [0.4, 0.5) is 0 Å². The highest BCUT2D eigenvalue weighted by Crippen LogP contribution is 2.36. The molecule has 0 fully saturated rings. The predicted octanol–water partition coefficient (Wildman–Crippen LogP) is 3.37. The molecule has 1 aromatic rings. The van der Waals surface area contributed by atoms with Crippen molar-refractivity contribution in [1.29, 1.82) is 0 Å². The highest BCUT2D eigenvalue weighted by Gasteiger charge is 2.20. The quantitative estimate of drug-likeness (QED) is 0.744. The summed E-state index contributed by atoms with van der Waals surface area (Å²) in [7, 11) is 0. The summed E-state index contributed by atoms with van der Waals surface area (Å²) in [6.07, 6.45) is 0. The van der Waals surface area contributed by atoms with Crippen LogP contribution in [0.1, 0.15) is 20.7 Å². The van der Waals surface area contributed by atoms with Gasteiger partial charge in [0.1, 0.15) is 0 Å². The zero-order valence-electron chi connectivity index (χ0n) is 6.92. The van der Waals surface area contributed by atoms with Gasteiger partial charge < -0.3 is 10.2 Å². The van der Waals surface area contributed by atoms with Crippen LogP contribution in [0.5, 0.6) is 0 Å². The molecule has 7 heteroatoms. The molecule has 0 radical (unpaired) electrons. The van der Waals surface area contributed by atoms with Crippen LogP contribution in [0.25, 0.3) is 0 Å². The maximum atomic E-state index is 10.8. The first-order valence-corrected chi connectivity index (χ1v) is 5.88. The van der Waals surface area contributed by atoms with Crippen molar-refractivity contribution < 1.29 is 19.8 Å². The van der Waals surface area contributed by atoms with E-state index in [1.807, 2.05) is 0 Å². The third-order valence-electron chi connectivity index (χ3n) is 1.61. The van der Waals surface area contributed by atoms with Crippen molar-refractivity contribution in [3.8, 4) is 0 Å². The number of rotatable bonds is 2. The fourth-order valence-corrected chi connectivity index (χ4v) is 2.57. The molecule has 0 aliphatic heterocycles. The summed E-state index contributed by atoms with van der Waals surface area (Å²) in [4.78, 5) is 21.6. The van der Waals surface area contributed by atoms with Gasteiger partial charge in [0, 0.05) is 13.4 Å². The second kappa shape index (κ2) is 4.63. The van der Waals surface area contributed by atoms with E-state index >= 15 is 0 Å². The van der Waals surface area contributed by atoms with Crippen LogP contribution < -0.4 is 0 Å². The van der Waals surface area contributed by atoms with Gasteiger partial charge in [-0.15, -0.1) is 0 Å². The lowest BCUT2D eigenvalue weighted by Gasteiger charge is -2.07. The lowest BCUT2D eigenvalue weighted by molar-refractivity contribution is 0.0695. The normalized spacial score (nSPS) is 10.1. The highest BCUT2D eigenvalue weighted by atomic mass is 79.9. The van der Waals surface area contributed by atoms with E-state index in [1.54, 1.807) is 0 Å². The molecule has 0 unspecified atom stereocenters. The Hall–Kier alpha value is -0.400. The van der Waals surface area contributed by atoms with Crippen molar-refractivity contribution in [2.45, 2.75) is 0 Å². The van der Waals surface area contributed by atoms with Gasteiger partial charge in [-0.1, -0.05) is 0 Å². The number of hydrogen-bond acceptors (Lipinski definition) is 2. The van der Waals surface area contributed by atoms with Crippen LogP contribution in [-0.2, 0) is 0 Å². The summed E-state index contributed by atoms with van der Waals surface area (Å²) in [5.41, 5.74) is -0.218. The minimum atomic E-state index is -1.20. The molecule has 2 N–H and O–H groups in total. The molecule has 80 valence electrons. The van der Waals surface area contributed by atoms with Crippen molar-refractivity contribution in [3.05, 3.63) is 30.6 Å². The summed E-state index contributed by atoms with van der Waals surface area (Å²) >= 11 is 9.23. The van der Waals surface area contributed by atoms with Crippen LogP contribution >= 0.6 is 47.8 Å². The van der Waals surface area contributed by atoms with Crippen molar-refractivity contribution in [2.24, 2.45) is 0 Å². The van der Waals surface area contributed by atoms with Gasteiger partial charge in [-0.05, 0) is 53.9 Å². The second-order valence-electron chi connectivity index (χ2n) is 2.52. The first-order valence-electron chi connectivity index (χ1n) is 3.50. The minimum absolute atomic E-state index is 0.109.